The smallest absolute Gasteiger partial charge is 0.251 e. The van der Waals surface area contributed by atoms with E-state index in [0.29, 0.717) is 18.2 Å². The fourth-order valence-corrected chi connectivity index (χ4v) is 6.66. The van der Waals surface area contributed by atoms with Crippen molar-refractivity contribution in [1.29, 1.82) is 0 Å². The van der Waals surface area contributed by atoms with Crippen LogP contribution in [-0.2, 0) is 16.1 Å². The lowest BCUT2D eigenvalue weighted by atomic mass is 9.84. The summed E-state index contributed by atoms with van der Waals surface area (Å²) in [5, 5.41) is 9.63. The average Bonchev–Trinajstić information content (AvgIpc) is 2.97. The van der Waals surface area contributed by atoms with Crippen molar-refractivity contribution in [2.75, 3.05) is 57.9 Å². The molecule has 5 rings (SSSR count). The number of carbonyl (C=O) groups excluding carboxylic acids is 2. The van der Waals surface area contributed by atoms with Crippen LogP contribution in [0.2, 0.25) is 0 Å². The maximum atomic E-state index is 13.7. The molecule has 3 unspecified atom stereocenters. The summed E-state index contributed by atoms with van der Waals surface area (Å²) in [6.07, 6.45) is 3.07. The van der Waals surface area contributed by atoms with Gasteiger partial charge in [-0.1, -0.05) is 31.2 Å². The first-order chi connectivity index (χ1) is 19.8. The molecule has 0 saturated carbocycles. The van der Waals surface area contributed by atoms with Crippen LogP contribution in [0.4, 0.5) is 5.69 Å². The number of nitrogens with one attached hydrogen (secondary N) is 3. The fraction of sp³-hybridized carbons (Fsp3) is 0.576. The number of morpholine rings is 1. The van der Waals surface area contributed by atoms with Gasteiger partial charge in [-0.2, -0.15) is 0 Å². The van der Waals surface area contributed by atoms with Gasteiger partial charge in [0, 0.05) is 56.6 Å². The highest BCUT2D eigenvalue weighted by Crippen LogP contribution is 2.33. The number of anilines is 1. The Morgan fingerprint density at radius 2 is 1.78 bits per heavy atom. The van der Waals surface area contributed by atoms with Crippen LogP contribution in [0.25, 0.3) is 11.1 Å². The van der Waals surface area contributed by atoms with Gasteiger partial charge in [0.1, 0.15) is 0 Å². The molecular formula is C33H47N5O3. The molecule has 3 atom stereocenters. The standard InChI is InChI=1S/C33H47N5O3/c1-22-17-23(2)36-33(40)30(22)20-35-32(39)29-18-27(19-31(24(29)3)37(4)28-9-11-34-12-10-28)26-7-5-25(6-8-26)21-38-13-15-41-16-14-38/h5-8,18-19,22-23,28,30,34H,9-17,20-21H2,1-4H3,(H,35,39)(H,36,40). The minimum atomic E-state index is -0.213. The molecule has 3 saturated heterocycles. The lowest BCUT2D eigenvalue weighted by Gasteiger charge is -2.35. The Hall–Kier alpha value is -2.94. The molecule has 0 spiro atoms. The van der Waals surface area contributed by atoms with E-state index in [-0.39, 0.29) is 29.7 Å². The van der Waals surface area contributed by atoms with E-state index in [0.717, 1.165) is 87.6 Å². The van der Waals surface area contributed by atoms with E-state index in [2.05, 4.69) is 77.0 Å². The molecule has 2 amide bonds. The maximum absolute atomic E-state index is 13.7. The van der Waals surface area contributed by atoms with Crippen LogP contribution in [0.1, 0.15) is 54.6 Å². The van der Waals surface area contributed by atoms with E-state index in [1.54, 1.807) is 0 Å². The normalized spacial score (nSPS) is 24.1. The Bertz CT molecular complexity index is 1200. The topological polar surface area (TPSA) is 85.9 Å². The Morgan fingerprint density at radius 3 is 2.46 bits per heavy atom. The van der Waals surface area contributed by atoms with Gasteiger partial charge in [0.05, 0.1) is 19.1 Å². The number of benzene rings is 2. The van der Waals surface area contributed by atoms with Gasteiger partial charge < -0.3 is 25.6 Å². The number of rotatable bonds is 8. The molecule has 0 radical (unpaired) electrons. The van der Waals surface area contributed by atoms with Crippen molar-refractivity contribution in [2.45, 2.75) is 58.7 Å². The van der Waals surface area contributed by atoms with E-state index < -0.39 is 0 Å². The summed E-state index contributed by atoms with van der Waals surface area (Å²) >= 11 is 0. The largest absolute Gasteiger partial charge is 0.379 e. The predicted molar refractivity (Wildman–Crippen MR) is 164 cm³/mol. The second-order valence-corrected chi connectivity index (χ2v) is 12.3. The van der Waals surface area contributed by atoms with E-state index in [1.807, 2.05) is 13.0 Å². The highest BCUT2D eigenvalue weighted by molar-refractivity contribution is 5.99. The summed E-state index contributed by atoms with van der Waals surface area (Å²) in [7, 11) is 2.16. The SMILES string of the molecule is Cc1c(C(=O)NCC2C(=O)NC(C)CC2C)cc(-c2ccc(CN3CCOCC3)cc2)cc1N(C)C1CCNCC1. The Balaban J connectivity index is 1.40. The van der Waals surface area contributed by atoms with Crippen LogP contribution in [0, 0.1) is 18.8 Å². The van der Waals surface area contributed by atoms with Crippen LogP contribution < -0.4 is 20.9 Å². The molecule has 3 N–H and O–H groups in total. The number of piperidine rings is 2. The summed E-state index contributed by atoms with van der Waals surface area (Å²) in [4.78, 5) is 31.2. The number of amides is 2. The first-order valence-corrected chi connectivity index (χ1v) is 15.4. The molecule has 0 bridgehead atoms. The minimum absolute atomic E-state index is 0.0329. The van der Waals surface area contributed by atoms with Crippen molar-refractivity contribution in [3.63, 3.8) is 0 Å². The van der Waals surface area contributed by atoms with Gasteiger partial charge in [-0.3, -0.25) is 14.5 Å². The second kappa shape index (κ2) is 13.4. The van der Waals surface area contributed by atoms with Crippen molar-refractivity contribution in [3.05, 3.63) is 53.1 Å². The van der Waals surface area contributed by atoms with Gasteiger partial charge in [-0.05, 0) is 86.5 Å². The van der Waals surface area contributed by atoms with Gasteiger partial charge in [0.2, 0.25) is 5.91 Å². The molecule has 3 heterocycles. The maximum Gasteiger partial charge on any atom is 0.251 e. The van der Waals surface area contributed by atoms with Gasteiger partial charge in [-0.25, -0.2) is 0 Å². The predicted octanol–water partition coefficient (Wildman–Crippen LogP) is 3.57. The van der Waals surface area contributed by atoms with Crippen molar-refractivity contribution in [1.82, 2.24) is 20.9 Å². The van der Waals surface area contributed by atoms with Gasteiger partial charge >= 0.3 is 0 Å². The molecule has 2 aromatic carbocycles. The molecule has 2 aromatic rings. The Kier molecular flexibility index (Phi) is 9.63. The quantitative estimate of drug-likeness (QED) is 0.457. The summed E-state index contributed by atoms with van der Waals surface area (Å²) in [5.41, 5.74) is 6.15. The fourth-order valence-electron chi connectivity index (χ4n) is 6.66. The molecule has 3 aliphatic rings. The number of hydrogen-bond acceptors (Lipinski definition) is 6. The lowest BCUT2D eigenvalue weighted by Crippen LogP contribution is -2.50. The van der Waals surface area contributed by atoms with Crippen molar-refractivity contribution in [2.24, 2.45) is 11.8 Å². The Labute approximate surface area is 245 Å². The van der Waals surface area contributed by atoms with Crippen molar-refractivity contribution >= 4 is 17.5 Å². The third-order valence-corrected chi connectivity index (χ3v) is 9.28. The van der Waals surface area contributed by atoms with Gasteiger partial charge in [0.25, 0.3) is 5.91 Å². The molecular weight excluding hydrogens is 514 g/mol. The number of hydrogen-bond donors (Lipinski definition) is 3. The van der Waals surface area contributed by atoms with Crippen LogP contribution in [0.15, 0.2) is 36.4 Å². The van der Waals surface area contributed by atoms with Crippen molar-refractivity contribution in [3.8, 4) is 11.1 Å². The van der Waals surface area contributed by atoms with Crippen LogP contribution in [0.3, 0.4) is 0 Å². The zero-order chi connectivity index (χ0) is 28.9. The lowest BCUT2D eigenvalue weighted by molar-refractivity contribution is -0.129. The van der Waals surface area contributed by atoms with Crippen LogP contribution in [0.5, 0.6) is 0 Å². The summed E-state index contributed by atoms with van der Waals surface area (Å²) in [6.45, 7) is 13.0. The van der Waals surface area contributed by atoms with Crippen molar-refractivity contribution < 1.29 is 14.3 Å². The number of ether oxygens (including phenoxy) is 1. The first kappa shape index (κ1) is 29.5. The molecule has 0 aromatic heterocycles. The van der Waals surface area contributed by atoms with E-state index >= 15 is 0 Å². The van der Waals surface area contributed by atoms with Crippen LogP contribution in [-0.4, -0.2) is 81.8 Å². The molecule has 8 heteroatoms. The third kappa shape index (κ3) is 7.11. The summed E-state index contributed by atoms with van der Waals surface area (Å²) in [6, 6.07) is 13.6. The zero-order valence-corrected chi connectivity index (χ0v) is 25.2. The molecule has 41 heavy (non-hydrogen) atoms. The minimum Gasteiger partial charge on any atom is -0.379 e. The van der Waals surface area contributed by atoms with Gasteiger partial charge in [0.15, 0.2) is 0 Å². The molecule has 3 fully saturated rings. The highest BCUT2D eigenvalue weighted by atomic mass is 16.5. The summed E-state index contributed by atoms with van der Waals surface area (Å²) < 4.78 is 5.49. The third-order valence-electron chi connectivity index (χ3n) is 9.28. The number of carbonyl (C=O) groups is 2. The highest BCUT2D eigenvalue weighted by Gasteiger charge is 2.32. The van der Waals surface area contributed by atoms with E-state index in [4.69, 9.17) is 4.74 Å². The monoisotopic (exact) mass is 561 g/mol. The molecule has 8 nitrogen and oxygen atoms in total. The van der Waals surface area contributed by atoms with E-state index in [1.165, 1.54) is 5.56 Å². The average molecular weight is 562 g/mol. The summed E-state index contributed by atoms with van der Waals surface area (Å²) in [5.74, 6) is -0.0732. The zero-order valence-electron chi connectivity index (χ0n) is 25.2. The molecule has 222 valence electrons. The second-order valence-electron chi connectivity index (χ2n) is 12.3. The Morgan fingerprint density at radius 1 is 1.07 bits per heavy atom. The van der Waals surface area contributed by atoms with Gasteiger partial charge in [-0.15, -0.1) is 0 Å². The first-order valence-electron chi connectivity index (χ1n) is 15.4. The van der Waals surface area contributed by atoms with Crippen LogP contribution >= 0.6 is 0 Å². The molecule has 0 aliphatic carbocycles. The molecule has 3 aliphatic heterocycles. The van der Waals surface area contributed by atoms with E-state index in [9.17, 15) is 9.59 Å². The number of nitrogens with zero attached hydrogens (tertiary/aromatic N) is 2.